The van der Waals surface area contributed by atoms with Crippen molar-refractivity contribution in [2.45, 2.75) is 18.8 Å². The van der Waals surface area contributed by atoms with Crippen molar-refractivity contribution in [3.8, 4) is 0 Å². The molecule has 0 radical (unpaired) electrons. The lowest BCUT2D eigenvalue weighted by Gasteiger charge is -2.31. The van der Waals surface area contributed by atoms with Crippen LogP contribution in [-0.2, 0) is 20.3 Å². The quantitative estimate of drug-likeness (QED) is 0.877. The number of urea groups is 1. The fourth-order valence-corrected chi connectivity index (χ4v) is 3.59. The highest BCUT2D eigenvalue weighted by Crippen LogP contribution is 2.06. The first-order valence-corrected chi connectivity index (χ1v) is 9.17. The number of hydrogen-bond acceptors (Lipinski definition) is 4. The number of hydrogen-bond donors (Lipinski definition) is 1. The summed E-state index contributed by atoms with van der Waals surface area (Å²) in [6.45, 7) is 3.61. The molecule has 0 spiro atoms. The fraction of sp³-hybridized carbons (Fsp3) is 0.533. The number of nitrogens with zero attached hydrogens (tertiary/aromatic N) is 1. The number of nitrogens with one attached hydrogen (secondary N) is 1. The van der Waals surface area contributed by atoms with E-state index in [1.165, 1.54) is 0 Å². The summed E-state index contributed by atoms with van der Waals surface area (Å²) in [5, 5.41) is 2.67. The summed E-state index contributed by atoms with van der Waals surface area (Å²) in [7, 11) is -3.23. The minimum atomic E-state index is -3.23. The smallest absolute Gasteiger partial charge is 0.317 e. The molecule has 1 N–H and O–H groups in total. The van der Waals surface area contributed by atoms with Gasteiger partial charge in [-0.3, -0.25) is 0 Å². The van der Waals surface area contributed by atoms with Gasteiger partial charge in [0.05, 0.1) is 24.2 Å². The molecule has 122 valence electrons. The van der Waals surface area contributed by atoms with E-state index in [1.54, 1.807) is 17.0 Å². The second kappa shape index (κ2) is 7.60. The third-order valence-electron chi connectivity index (χ3n) is 3.45. The van der Waals surface area contributed by atoms with Crippen molar-refractivity contribution in [3.05, 3.63) is 35.9 Å². The monoisotopic (exact) mass is 326 g/mol. The first kappa shape index (κ1) is 16.8. The second-order valence-corrected chi connectivity index (χ2v) is 7.62. The number of amides is 2. The maximum absolute atomic E-state index is 12.0. The van der Waals surface area contributed by atoms with Gasteiger partial charge in [0.15, 0.2) is 9.84 Å². The van der Waals surface area contributed by atoms with E-state index in [-0.39, 0.29) is 30.2 Å². The first-order chi connectivity index (χ1) is 10.5. The van der Waals surface area contributed by atoms with E-state index in [0.29, 0.717) is 19.7 Å². The number of carbonyl (C=O) groups is 1. The van der Waals surface area contributed by atoms with Crippen molar-refractivity contribution in [1.82, 2.24) is 10.2 Å². The zero-order chi connectivity index (χ0) is 16.0. The molecule has 0 aliphatic carbocycles. The van der Waals surface area contributed by atoms with E-state index in [2.05, 4.69) is 5.32 Å². The molecule has 22 heavy (non-hydrogen) atoms. The number of benzene rings is 1. The Morgan fingerprint density at radius 3 is 2.77 bits per heavy atom. The Labute approximate surface area is 131 Å². The van der Waals surface area contributed by atoms with E-state index >= 15 is 0 Å². The molecule has 7 heteroatoms. The van der Waals surface area contributed by atoms with Gasteiger partial charge in [0.1, 0.15) is 0 Å². The van der Waals surface area contributed by atoms with Crippen molar-refractivity contribution < 1.29 is 17.9 Å². The topological polar surface area (TPSA) is 75.7 Å². The molecule has 6 nitrogen and oxygen atoms in total. The number of rotatable bonds is 5. The van der Waals surface area contributed by atoms with Crippen molar-refractivity contribution in [2.75, 3.05) is 32.0 Å². The van der Waals surface area contributed by atoms with Crippen molar-refractivity contribution in [3.63, 3.8) is 0 Å². The van der Waals surface area contributed by atoms with Gasteiger partial charge in [-0.05, 0) is 12.5 Å². The molecule has 1 aromatic carbocycles. The SMILES string of the molecule is CC1CN(C(=O)NCCS(=O)(=O)Cc2ccccc2)CCO1. The molecule has 1 aliphatic rings. The Morgan fingerprint density at radius 2 is 2.09 bits per heavy atom. The maximum Gasteiger partial charge on any atom is 0.317 e. The second-order valence-electron chi connectivity index (χ2n) is 5.44. The van der Waals surface area contributed by atoms with Gasteiger partial charge in [-0.15, -0.1) is 0 Å². The van der Waals surface area contributed by atoms with Gasteiger partial charge in [-0.2, -0.15) is 0 Å². The summed E-state index contributed by atoms with van der Waals surface area (Å²) >= 11 is 0. The summed E-state index contributed by atoms with van der Waals surface area (Å²) in [6.07, 6.45) is 0.0151. The Kier molecular flexibility index (Phi) is 5.79. The number of sulfone groups is 1. The number of morpholine rings is 1. The molecule has 1 atom stereocenters. The highest BCUT2D eigenvalue weighted by Gasteiger charge is 2.21. The van der Waals surface area contributed by atoms with Gasteiger partial charge in [-0.25, -0.2) is 13.2 Å². The molecule has 1 saturated heterocycles. The third-order valence-corrected chi connectivity index (χ3v) is 5.05. The van der Waals surface area contributed by atoms with Crippen LogP contribution in [0.4, 0.5) is 4.79 Å². The van der Waals surface area contributed by atoms with Crippen molar-refractivity contribution >= 4 is 15.9 Å². The first-order valence-electron chi connectivity index (χ1n) is 7.35. The molecule has 2 rings (SSSR count). The van der Waals surface area contributed by atoms with E-state index < -0.39 is 9.84 Å². The van der Waals surface area contributed by atoms with Gasteiger partial charge in [0, 0.05) is 19.6 Å². The minimum absolute atomic E-state index is 0.00169. The Hall–Kier alpha value is -1.60. The van der Waals surface area contributed by atoms with Gasteiger partial charge in [0.2, 0.25) is 0 Å². The van der Waals surface area contributed by atoms with E-state index in [4.69, 9.17) is 4.74 Å². The van der Waals surface area contributed by atoms with Crippen LogP contribution in [0.5, 0.6) is 0 Å². The average molecular weight is 326 g/mol. The normalized spacial score (nSPS) is 19.0. The Balaban J connectivity index is 1.76. The van der Waals surface area contributed by atoms with Crippen molar-refractivity contribution in [1.29, 1.82) is 0 Å². The molecule has 1 fully saturated rings. The molecule has 0 bridgehead atoms. The zero-order valence-electron chi connectivity index (χ0n) is 12.7. The summed E-state index contributed by atoms with van der Waals surface area (Å²) in [5.74, 6) is -0.0637. The molecule has 0 aromatic heterocycles. The lowest BCUT2D eigenvalue weighted by Crippen LogP contribution is -2.49. The summed E-state index contributed by atoms with van der Waals surface area (Å²) in [6, 6.07) is 8.80. The van der Waals surface area contributed by atoms with E-state index in [1.807, 2.05) is 25.1 Å². The van der Waals surface area contributed by atoms with Crippen molar-refractivity contribution in [2.24, 2.45) is 0 Å². The maximum atomic E-state index is 12.0. The predicted molar refractivity (Wildman–Crippen MR) is 84.3 cm³/mol. The Bertz CT molecular complexity index is 589. The molecule has 2 amide bonds. The summed E-state index contributed by atoms with van der Waals surface area (Å²) in [4.78, 5) is 13.6. The van der Waals surface area contributed by atoms with Crippen LogP contribution in [-0.4, -0.2) is 57.4 Å². The third kappa shape index (κ3) is 5.31. The van der Waals surface area contributed by atoms with Gasteiger partial charge in [-0.1, -0.05) is 30.3 Å². The van der Waals surface area contributed by atoms with Crippen LogP contribution in [0.25, 0.3) is 0 Å². The predicted octanol–water partition coefficient (Wildman–Crippen LogP) is 1.03. The standard InChI is InChI=1S/C15H22N2O4S/c1-13-11-17(8-9-21-13)15(18)16-7-10-22(19,20)12-14-5-3-2-4-6-14/h2-6,13H,7-12H2,1H3,(H,16,18). The van der Waals surface area contributed by atoms with E-state index in [0.717, 1.165) is 5.56 Å². The molecule has 0 saturated carbocycles. The van der Waals surface area contributed by atoms with Gasteiger partial charge >= 0.3 is 6.03 Å². The molecule has 1 heterocycles. The van der Waals surface area contributed by atoms with Crippen LogP contribution >= 0.6 is 0 Å². The average Bonchev–Trinajstić information content (AvgIpc) is 2.47. The molecular weight excluding hydrogens is 304 g/mol. The van der Waals surface area contributed by atoms with Crippen LogP contribution in [0.2, 0.25) is 0 Å². The lowest BCUT2D eigenvalue weighted by atomic mass is 10.2. The summed E-state index contributed by atoms with van der Waals surface area (Å²) in [5.41, 5.74) is 0.760. The molecule has 1 aromatic rings. The largest absolute Gasteiger partial charge is 0.375 e. The van der Waals surface area contributed by atoms with Gasteiger partial charge in [0.25, 0.3) is 0 Å². The number of ether oxygens (including phenoxy) is 1. The minimum Gasteiger partial charge on any atom is -0.375 e. The van der Waals surface area contributed by atoms with Crippen LogP contribution in [0.3, 0.4) is 0 Å². The summed E-state index contributed by atoms with van der Waals surface area (Å²) < 4.78 is 29.4. The van der Waals surface area contributed by atoms with Crippen LogP contribution in [0.15, 0.2) is 30.3 Å². The Morgan fingerprint density at radius 1 is 1.36 bits per heavy atom. The molecule has 1 aliphatic heterocycles. The van der Waals surface area contributed by atoms with Gasteiger partial charge < -0.3 is 15.0 Å². The molecular formula is C15H22N2O4S. The van der Waals surface area contributed by atoms with Crippen LogP contribution in [0.1, 0.15) is 12.5 Å². The highest BCUT2D eigenvalue weighted by atomic mass is 32.2. The zero-order valence-corrected chi connectivity index (χ0v) is 13.5. The van der Waals surface area contributed by atoms with Crippen LogP contribution in [0, 0.1) is 0 Å². The van der Waals surface area contributed by atoms with E-state index in [9.17, 15) is 13.2 Å². The fourth-order valence-electron chi connectivity index (χ4n) is 2.33. The van der Waals surface area contributed by atoms with Crippen LogP contribution < -0.4 is 5.32 Å². The number of carbonyl (C=O) groups excluding carboxylic acids is 1. The lowest BCUT2D eigenvalue weighted by molar-refractivity contribution is -0.00338. The molecule has 1 unspecified atom stereocenters. The highest BCUT2D eigenvalue weighted by molar-refractivity contribution is 7.90.